The lowest BCUT2D eigenvalue weighted by molar-refractivity contribution is -0.127. The zero-order valence-corrected chi connectivity index (χ0v) is 12.8. The highest BCUT2D eigenvalue weighted by molar-refractivity contribution is 5.81. The zero-order valence-electron chi connectivity index (χ0n) is 12.8. The van der Waals surface area contributed by atoms with E-state index >= 15 is 0 Å². The first-order valence-corrected chi connectivity index (χ1v) is 7.20. The van der Waals surface area contributed by atoms with Gasteiger partial charge in [-0.15, -0.1) is 0 Å². The SMILES string of the molecule is CCCCCNC(=O)C(C)Oc1cc(C=O)ccc1OC. The van der Waals surface area contributed by atoms with Crippen LogP contribution in [0.2, 0.25) is 0 Å². The summed E-state index contributed by atoms with van der Waals surface area (Å²) in [4.78, 5) is 22.7. The highest BCUT2D eigenvalue weighted by atomic mass is 16.5. The largest absolute Gasteiger partial charge is 0.493 e. The molecule has 0 aliphatic carbocycles. The Kier molecular flexibility index (Phi) is 7.29. The van der Waals surface area contributed by atoms with Gasteiger partial charge in [0.1, 0.15) is 6.29 Å². The number of nitrogens with one attached hydrogen (secondary N) is 1. The number of hydrogen-bond acceptors (Lipinski definition) is 4. The van der Waals surface area contributed by atoms with Crippen molar-refractivity contribution in [1.29, 1.82) is 0 Å². The van der Waals surface area contributed by atoms with E-state index in [1.807, 2.05) is 0 Å². The number of methoxy groups -OCH3 is 1. The van der Waals surface area contributed by atoms with E-state index in [0.717, 1.165) is 25.5 Å². The van der Waals surface area contributed by atoms with E-state index < -0.39 is 6.10 Å². The van der Waals surface area contributed by atoms with Gasteiger partial charge < -0.3 is 14.8 Å². The van der Waals surface area contributed by atoms with Gasteiger partial charge in [-0.3, -0.25) is 9.59 Å². The van der Waals surface area contributed by atoms with Crippen molar-refractivity contribution in [3.63, 3.8) is 0 Å². The Labute approximate surface area is 125 Å². The summed E-state index contributed by atoms with van der Waals surface area (Å²) in [6, 6.07) is 4.84. The smallest absolute Gasteiger partial charge is 0.260 e. The van der Waals surface area contributed by atoms with Crippen LogP contribution in [0.3, 0.4) is 0 Å². The van der Waals surface area contributed by atoms with Crippen molar-refractivity contribution in [2.75, 3.05) is 13.7 Å². The molecular formula is C16H23NO4. The zero-order chi connectivity index (χ0) is 15.7. The highest BCUT2D eigenvalue weighted by Crippen LogP contribution is 2.28. The van der Waals surface area contributed by atoms with Gasteiger partial charge in [0.05, 0.1) is 7.11 Å². The molecule has 1 rings (SSSR count). The molecule has 0 aromatic heterocycles. The number of unbranched alkanes of at least 4 members (excludes halogenated alkanes) is 2. The van der Waals surface area contributed by atoms with Crippen molar-refractivity contribution >= 4 is 12.2 Å². The van der Waals surface area contributed by atoms with Crippen molar-refractivity contribution in [1.82, 2.24) is 5.32 Å². The Morgan fingerprint density at radius 2 is 2.10 bits per heavy atom. The lowest BCUT2D eigenvalue weighted by atomic mass is 10.2. The van der Waals surface area contributed by atoms with E-state index in [9.17, 15) is 9.59 Å². The van der Waals surface area contributed by atoms with Gasteiger partial charge in [-0.25, -0.2) is 0 Å². The molecule has 0 radical (unpaired) electrons. The lowest BCUT2D eigenvalue weighted by Gasteiger charge is -2.17. The molecule has 0 saturated heterocycles. The summed E-state index contributed by atoms with van der Waals surface area (Å²) in [5, 5.41) is 2.83. The molecule has 1 atom stereocenters. The summed E-state index contributed by atoms with van der Waals surface area (Å²) < 4.78 is 10.8. The topological polar surface area (TPSA) is 64.6 Å². The monoisotopic (exact) mass is 293 g/mol. The maximum Gasteiger partial charge on any atom is 0.260 e. The predicted molar refractivity (Wildman–Crippen MR) is 81.0 cm³/mol. The first kappa shape index (κ1) is 17.0. The minimum absolute atomic E-state index is 0.176. The number of aldehydes is 1. The summed E-state index contributed by atoms with van der Waals surface area (Å²) >= 11 is 0. The Morgan fingerprint density at radius 1 is 1.33 bits per heavy atom. The Bertz CT molecular complexity index is 473. The van der Waals surface area contributed by atoms with E-state index in [2.05, 4.69) is 12.2 Å². The molecule has 5 nitrogen and oxygen atoms in total. The minimum atomic E-state index is -0.651. The molecule has 1 N–H and O–H groups in total. The summed E-state index contributed by atoms with van der Waals surface area (Å²) in [6.45, 7) is 4.42. The number of carbonyl (C=O) groups is 2. The number of ether oxygens (including phenoxy) is 2. The van der Waals surface area contributed by atoms with Crippen molar-refractivity contribution in [2.45, 2.75) is 39.2 Å². The third kappa shape index (κ3) is 5.45. The molecule has 21 heavy (non-hydrogen) atoms. The summed E-state index contributed by atoms with van der Waals surface area (Å²) in [7, 11) is 1.51. The van der Waals surface area contributed by atoms with Crippen LogP contribution in [-0.2, 0) is 4.79 Å². The van der Waals surface area contributed by atoms with Crippen LogP contribution in [0.15, 0.2) is 18.2 Å². The molecule has 0 aliphatic rings. The number of hydrogen-bond donors (Lipinski definition) is 1. The first-order valence-electron chi connectivity index (χ1n) is 7.20. The van der Waals surface area contributed by atoms with Gasteiger partial charge in [-0.1, -0.05) is 19.8 Å². The van der Waals surface area contributed by atoms with Gasteiger partial charge in [-0.2, -0.15) is 0 Å². The predicted octanol–water partition coefficient (Wildman–Crippen LogP) is 2.58. The first-order chi connectivity index (χ1) is 10.1. The molecule has 1 aromatic rings. The van der Waals surface area contributed by atoms with Gasteiger partial charge in [0, 0.05) is 12.1 Å². The fraction of sp³-hybridized carbons (Fsp3) is 0.500. The van der Waals surface area contributed by atoms with Crippen LogP contribution in [0.25, 0.3) is 0 Å². The van der Waals surface area contributed by atoms with Crippen molar-refractivity contribution in [3.05, 3.63) is 23.8 Å². The van der Waals surface area contributed by atoms with E-state index in [-0.39, 0.29) is 5.91 Å². The third-order valence-corrected chi connectivity index (χ3v) is 3.08. The minimum Gasteiger partial charge on any atom is -0.493 e. The van der Waals surface area contributed by atoms with Gasteiger partial charge in [0.2, 0.25) is 0 Å². The van der Waals surface area contributed by atoms with Crippen molar-refractivity contribution in [3.8, 4) is 11.5 Å². The molecule has 0 bridgehead atoms. The lowest BCUT2D eigenvalue weighted by Crippen LogP contribution is -2.36. The maximum absolute atomic E-state index is 11.9. The second-order valence-electron chi connectivity index (χ2n) is 4.79. The van der Waals surface area contributed by atoms with E-state index in [0.29, 0.717) is 23.6 Å². The number of benzene rings is 1. The number of carbonyl (C=O) groups excluding carboxylic acids is 2. The molecule has 0 fully saturated rings. The van der Waals surface area contributed by atoms with E-state index in [1.54, 1.807) is 25.1 Å². The molecule has 0 saturated carbocycles. The summed E-state index contributed by atoms with van der Waals surface area (Å²) in [6.07, 6.45) is 3.23. The van der Waals surface area contributed by atoms with Crippen LogP contribution >= 0.6 is 0 Å². The highest BCUT2D eigenvalue weighted by Gasteiger charge is 2.16. The van der Waals surface area contributed by atoms with Crippen LogP contribution in [0, 0.1) is 0 Å². The van der Waals surface area contributed by atoms with Crippen LogP contribution in [0.5, 0.6) is 11.5 Å². The summed E-state index contributed by atoms with van der Waals surface area (Å²) in [5.74, 6) is 0.703. The van der Waals surface area contributed by atoms with Crippen LogP contribution in [0.4, 0.5) is 0 Å². The Hall–Kier alpha value is -2.04. The molecule has 116 valence electrons. The van der Waals surface area contributed by atoms with Gasteiger partial charge in [0.15, 0.2) is 17.6 Å². The van der Waals surface area contributed by atoms with Gasteiger partial charge in [0.25, 0.3) is 5.91 Å². The third-order valence-electron chi connectivity index (χ3n) is 3.08. The standard InChI is InChI=1S/C16H23NO4/c1-4-5-6-9-17-16(19)12(2)21-15-10-13(11-18)7-8-14(15)20-3/h7-8,10-12H,4-6,9H2,1-3H3,(H,17,19). The second kappa shape index (κ2) is 9.00. The normalized spacial score (nSPS) is 11.6. The molecule has 1 amide bonds. The number of rotatable bonds is 9. The van der Waals surface area contributed by atoms with Gasteiger partial charge in [-0.05, 0) is 31.5 Å². The maximum atomic E-state index is 11.9. The Balaban J connectivity index is 2.62. The molecule has 0 aliphatic heterocycles. The second-order valence-corrected chi connectivity index (χ2v) is 4.79. The molecule has 0 heterocycles. The average molecular weight is 293 g/mol. The van der Waals surface area contributed by atoms with Crippen molar-refractivity contribution < 1.29 is 19.1 Å². The fourth-order valence-electron chi connectivity index (χ4n) is 1.83. The summed E-state index contributed by atoms with van der Waals surface area (Å²) in [5.41, 5.74) is 0.473. The van der Waals surface area contributed by atoms with Crippen molar-refractivity contribution in [2.24, 2.45) is 0 Å². The Morgan fingerprint density at radius 3 is 2.71 bits per heavy atom. The molecular weight excluding hydrogens is 270 g/mol. The van der Waals surface area contributed by atoms with E-state index in [4.69, 9.17) is 9.47 Å². The van der Waals surface area contributed by atoms with Crippen LogP contribution in [0.1, 0.15) is 43.5 Å². The van der Waals surface area contributed by atoms with E-state index in [1.165, 1.54) is 7.11 Å². The molecule has 0 spiro atoms. The molecule has 1 unspecified atom stereocenters. The fourth-order valence-corrected chi connectivity index (χ4v) is 1.83. The average Bonchev–Trinajstić information content (AvgIpc) is 2.51. The van der Waals surface area contributed by atoms with Crippen LogP contribution < -0.4 is 14.8 Å². The molecule has 1 aromatic carbocycles. The quantitative estimate of drug-likeness (QED) is 0.561. The van der Waals surface area contributed by atoms with Crippen LogP contribution in [-0.4, -0.2) is 32.0 Å². The van der Waals surface area contributed by atoms with Gasteiger partial charge >= 0.3 is 0 Å². The number of amides is 1. The molecule has 5 heteroatoms.